The first-order chi connectivity index (χ1) is 12.0. The highest BCUT2D eigenvalue weighted by molar-refractivity contribution is 5.97. The number of hydrogen-bond acceptors (Lipinski definition) is 5. The van der Waals surface area contributed by atoms with Crippen molar-refractivity contribution in [2.75, 3.05) is 18.5 Å². The number of carbonyl (C=O) groups is 2. The third kappa shape index (κ3) is 4.06. The minimum absolute atomic E-state index is 0.255. The van der Waals surface area contributed by atoms with Crippen LogP contribution in [0.15, 0.2) is 42.5 Å². The van der Waals surface area contributed by atoms with Gasteiger partial charge in [-0.3, -0.25) is 4.79 Å². The van der Waals surface area contributed by atoms with Gasteiger partial charge in [0, 0.05) is 5.69 Å². The molecule has 1 aliphatic heterocycles. The van der Waals surface area contributed by atoms with E-state index in [1.165, 1.54) is 37.3 Å². The van der Waals surface area contributed by atoms with Crippen molar-refractivity contribution >= 4 is 17.6 Å². The Morgan fingerprint density at radius 3 is 2.48 bits per heavy atom. The molecule has 130 valence electrons. The van der Waals surface area contributed by atoms with E-state index in [2.05, 4.69) is 5.32 Å². The lowest BCUT2D eigenvalue weighted by molar-refractivity contribution is -0.123. The van der Waals surface area contributed by atoms with E-state index in [0.29, 0.717) is 30.4 Å². The van der Waals surface area contributed by atoms with E-state index in [1.54, 1.807) is 12.1 Å². The van der Waals surface area contributed by atoms with E-state index in [1.807, 2.05) is 0 Å². The summed E-state index contributed by atoms with van der Waals surface area (Å²) >= 11 is 0. The highest BCUT2D eigenvalue weighted by Crippen LogP contribution is 2.31. The van der Waals surface area contributed by atoms with Crippen molar-refractivity contribution in [2.45, 2.75) is 13.0 Å². The SMILES string of the molecule is C[C@@H](OC(=O)c1ccc2c(c1)OCCO2)C(=O)Nc1ccc(F)cc1. The molecule has 0 aliphatic carbocycles. The predicted octanol–water partition coefficient (Wildman–Crippen LogP) is 2.78. The van der Waals surface area contributed by atoms with E-state index >= 15 is 0 Å². The average molecular weight is 345 g/mol. The molecule has 0 saturated heterocycles. The number of amides is 1. The Kier molecular flexibility index (Phi) is 4.83. The molecule has 6 nitrogen and oxygen atoms in total. The number of rotatable bonds is 4. The van der Waals surface area contributed by atoms with Crippen molar-refractivity contribution in [3.8, 4) is 11.5 Å². The molecule has 1 aliphatic rings. The topological polar surface area (TPSA) is 73.9 Å². The molecule has 2 aromatic rings. The number of nitrogens with one attached hydrogen (secondary N) is 1. The van der Waals surface area contributed by atoms with Gasteiger partial charge in [0.15, 0.2) is 17.6 Å². The molecule has 25 heavy (non-hydrogen) atoms. The number of hydrogen-bond donors (Lipinski definition) is 1. The van der Waals surface area contributed by atoms with Crippen LogP contribution in [0.2, 0.25) is 0 Å². The summed E-state index contributed by atoms with van der Waals surface area (Å²) in [6.07, 6.45) is -1.02. The van der Waals surface area contributed by atoms with Gasteiger partial charge in [0.05, 0.1) is 5.56 Å². The Hall–Kier alpha value is -3.09. The summed E-state index contributed by atoms with van der Waals surface area (Å²) in [7, 11) is 0. The van der Waals surface area contributed by atoms with Gasteiger partial charge in [0.2, 0.25) is 0 Å². The van der Waals surface area contributed by atoms with Gasteiger partial charge < -0.3 is 19.5 Å². The maximum absolute atomic E-state index is 12.9. The van der Waals surface area contributed by atoms with Crippen LogP contribution in [0, 0.1) is 5.82 Å². The molecule has 0 radical (unpaired) electrons. The normalized spacial score (nSPS) is 13.7. The van der Waals surface area contributed by atoms with Crippen molar-refractivity contribution in [1.29, 1.82) is 0 Å². The fourth-order valence-electron chi connectivity index (χ4n) is 2.23. The van der Waals surface area contributed by atoms with Crippen LogP contribution in [0.1, 0.15) is 17.3 Å². The standard InChI is InChI=1S/C18H16FNO5/c1-11(17(21)20-14-5-3-13(19)4-6-14)25-18(22)12-2-7-15-16(10-12)24-9-8-23-15/h2-7,10-11H,8-9H2,1H3,(H,20,21)/t11-/m1/s1. The quantitative estimate of drug-likeness (QED) is 0.863. The molecule has 2 aromatic carbocycles. The van der Waals surface area contributed by atoms with Crippen molar-refractivity contribution in [1.82, 2.24) is 0 Å². The van der Waals surface area contributed by atoms with Crippen molar-refractivity contribution in [3.63, 3.8) is 0 Å². The van der Waals surface area contributed by atoms with E-state index in [-0.39, 0.29) is 5.56 Å². The van der Waals surface area contributed by atoms with Gasteiger partial charge in [-0.05, 0) is 49.4 Å². The average Bonchev–Trinajstić information content (AvgIpc) is 2.63. The Balaban J connectivity index is 1.61. The first kappa shape index (κ1) is 16.8. The van der Waals surface area contributed by atoms with Crippen molar-refractivity contribution in [3.05, 3.63) is 53.8 Å². The number of esters is 1. The highest BCUT2D eigenvalue weighted by atomic mass is 19.1. The van der Waals surface area contributed by atoms with Crippen LogP contribution in [0.3, 0.4) is 0 Å². The number of ether oxygens (including phenoxy) is 3. The first-order valence-corrected chi connectivity index (χ1v) is 7.70. The minimum atomic E-state index is -1.02. The number of halogens is 1. The lowest BCUT2D eigenvalue weighted by atomic mass is 10.2. The Labute approximate surface area is 143 Å². The zero-order chi connectivity index (χ0) is 17.8. The molecule has 7 heteroatoms. The molecule has 3 rings (SSSR count). The summed E-state index contributed by atoms with van der Waals surface area (Å²) < 4.78 is 28.8. The Bertz CT molecular complexity index is 791. The van der Waals surface area contributed by atoms with Gasteiger partial charge in [0.1, 0.15) is 19.0 Å². The Morgan fingerprint density at radius 1 is 1.08 bits per heavy atom. The van der Waals surface area contributed by atoms with Crippen LogP contribution in [0.25, 0.3) is 0 Å². The van der Waals surface area contributed by atoms with E-state index in [9.17, 15) is 14.0 Å². The van der Waals surface area contributed by atoms with Crippen LogP contribution in [-0.4, -0.2) is 31.2 Å². The van der Waals surface area contributed by atoms with Gasteiger partial charge in [-0.2, -0.15) is 0 Å². The van der Waals surface area contributed by atoms with Gasteiger partial charge in [-0.15, -0.1) is 0 Å². The maximum Gasteiger partial charge on any atom is 0.339 e. The van der Waals surface area contributed by atoms with Gasteiger partial charge >= 0.3 is 5.97 Å². The molecule has 0 saturated carbocycles. The fourth-order valence-corrected chi connectivity index (χ4v) is 2.23. The molecule has 1 heterocycles. The largest absolute Gasteiger partial charge is 0.486 e. The van der Waals surface area contributed by atoms with Crippen molar-refractivity contribution in [2.24, 2.45) is 0 Å². The van der Waals surface area contributed by atoms with Crippen LogP contribution >= 0.6 is 0 Å². The molecular weight excluding hydrogens is 329 g/mol. The lowest BCUT2D eigenvalue weighted by Crippen LogP contribution is -2.30. The second-order valence-electron chi connectivity index (χ2n) is 5.40. The summed E-state index contributed by atoms with van der Waals surface area (Å²) in [5, 5.41) is 2.55. The molecule has 1 amide bonds. The zero-order valence-corrected chi connectivity index (χ0v) is 13.5. The lowest BCUT2D eigenvalue weighted by Gasteiger charge is -2.19. The van der Waals surface area contributed by atoms with Crippen LogP contribution < -0.4 is 14.8 Å². The third-order valence-corrected chi connectivity index (χ3v) is 3.54. The molecular formula is C18H16FNO5. The number of fused-ring (bicyclic) bond motifs is 1. The van der Waals surface area contributed by atoms with Gasteiger partial charge in [0.25, 0.3) is 5.91 Å². The summed E-state index contributed by atoms with van der Waals surface area (Å²) in [4.78, 5) is 24.3. The summed E-state index contributed by atoms with van der Waals surface area (Å²) in [6.45, 7) is 2.31. The number of benzene rings is 2. The molecule has 0 fully saturated rings. The maximum atomic E-state index is 12.9. The van der Waals surface area contributed by atoms with Crippen LogP contribution in [0.5, 0.6) is 11.5 Å². The smallest absolute Gasteiger partial charge is 0.339 e. The first-order valence-electron chi connectivity index (χ1n) is 7.70. The number of anilines is 1. The van der Waals surface area contributed by atoms with E-state index in [4.69, 9.17) is 14.2 Å². The monoisotopic (exact) mass is 345 g/mol. The van der Waals surface area contributed by atoms with Gasteiger partial charge in [-0.25, -0.2) is 9.18 Å². The summed E-state index contributed by atoms with van der Waals surface area (Å²) in [5.41, 5.74) is 0.666. The summed E-state index contributed by atoms with van der Waals surface area (Å²) in [5.74, 6) is -0.554. The van der Waals surface area contributed by atoms with Crippen LogP contribution in [0.4, 0.5) is 10.1 Å². The van der Waals surface area contributed by atoms with E-state index in [0.717, 1.165) is 0 Å². The zero-order valence-electron chi connectivity index (χ0n) is 13.5. The molecule has 0 bridgehead atoms. The molecule has 0 spiro atoms. The van der Waals surface area contributed by atoms with E-state index < -0.39 is 23.8 Å². The third-order valence-electron chi connectivity index (χ3n) is 3.54. The van der Waals surface area contributed by atoms with Crippen molar-refractivity contribution < 1.29 is 28.2 Å². The second kappa shape index (κ2) is 7.21. The minimum Gasteiger partial charge on any atom is -0.486 e. The molecule has 1 atom stereocenters. The molecule has 0 aromatic heterocycles. The fraction of sp³-hybridized carbons (Fsp3) is 0.222. The van der Waals surface area contributed by atoms with Crippen LogP contribution in [-0.2, 0) is 9.53 Å². The molecule has 1 N–H and O–H groups in total. The Morgan fingerprint density at radius 2 is 1.76 bits per heavy atom. The molecule has 0 unspecified atom stereocenters. The second-order valence-corrected chi connectivity index (χ2v) is 5.40. The highest BCUT2D eigenvalue weighted by Gasteiger charge is 2.21. The summed E-state index contributed by atoms with van der Waals surface area (Å²) in [6, 6.07) is 9.96. The van der Waals surface area contributed by atoms with Gasteiger partial charge in [-0.1, -0.05) is 0 Å². The number of carbonyl (C=O) groups excluding carboxylic acids is 2. The predicted molar refractivity (Wildman–Crippen MR) is 87.3 cm³/mol.